The summed E-state index contributed by atoms with van der Waals surface area (Å²) in [5.74, 6) is 2.23. The summed E-state index contributed by atoms with van der Waals surface area (Å²) >= 11 is 5.97. The molecule has 0 spiro atoms. The Morgan fingerprint density at radius 1 is 1.67 bits per heavy atom. The van der Waals surface area contributed by atoms with Crippen LogP contribution in [0.5, 0.6) is 0 Å². The van der Waals surface area contributed by atoms with E-state index < -0.39 is 0 Å². The fourth-order valence-corrected chi connectivity index (χ4v) is 2.95. The van der Waals surface area contributed by atoms with Gasteiger partial charge in [0.25, 0.3) is 0 Å². The van der Waals surface area contributed by atoms with Crippen LogP contribution in [0.1, 0.15) is 12.5 Å². The molecular formula is C7H10ClP. The minimum atomic E-state index is -0.0790. The number of rotatable bonds is 1. The van der Waals surface area contributed by atoms with Crippen molar-refractivity contribution in [2.45, 2.75) is 20.0 Å². The van der Waals surface area contributed by atoms with Gasteiger partial charge in [0.2, 0.25) is 0 Å². The Morgan fingerprint density at radius 2 is 2.33 bits per heavy atom. The second-order valence-electron chi connectivity index (χ2n) is 2.08. The molecule has 0 amide bonds. The summed E-state index contributed by atoms with van der Waals surface area (Å²) in [6.45, 7) is 4.24. The lowest BCUT2D eigenvalue weighted by molar-refractivity contribution is 1.38. The summed E-state index contributed by atoms with van der Waals surface area (Å²) in [6, 6.07) is 2.12. The van der Waals surface area contributed by atoms with Gasteiger partial charge in [0, 0.05) is 0 Å². The van der Waals surface area contributed by atoms with E-state index in [1.807, 2.05) is 0 Å². The van der Waals surface area contributed by atoms with E-state index in [4.69, 9.17) is 11.6 Å². The van der Waals surface area contributed by atoms with Crippen LogP contribution in [0.15, 0.2) is 11.9 Å². The molecule has 1 heterocycles. The van der Waals surface area contributed by atoms with E-state index in [9.17, 15) is 0 Å². The smallest absolute Gasteiger partial charge is 0.0624 e. The van der Waals surface area contributed by atoms with Gasteiger partial charge in [0.15, 0.2) is 0 Å². The predicted octanol–water partition coefficient (Wildman–Crippen LogP) is 3.65. The summed E-state index contributed by atoms with van der Waals surface area (Å²) in [5, 5.41) is 0. The minimum absolute atomic E-state index is 0.0790. The van der Waals surface area contributed by atoms with Crippen LogP contribution >= 0.6 is 19.1 Å². The molecule has 2 heteroatoms. The minimum Gasteiger partial charge on any atom is -0.105 e. The third-order valence-corrected chi connectivity index (χ3v) is 4.42. The number of aryl methyl sites for hydroxylation is 2. The lowest BCUT2D eigenvalue weighted by Crippen LogP contribution is -1.58. The Labute approximate surface area is 61.9 Å². The summed E-state index contributed by atoms with van der Waals surface area (Å²) in [4.78, 5) is 0. The van der Waals surface area contributed by atoms with Crippen molar-refractivity contribution in [1.29, 1.82) is 0 Å². The van der Waals surface area contributed by atoms with E-state index in [0.29, 0.717) is 0 Å². The maximum atomic E-state index is 5.97. The van der Waals surface area contributed by atoms with E-state index in [1.165, 1.54) is 11.7 Å². The standard InChI is InChI=1S/C7H10ClP/c1-3-9-5-4-6(2)7(9)8/h4-5H,3H2,1-2H3. The zero-order chi connectivity index (χ0) is 6.85. The Bertz CT molecular complexity index is 203. The van der Waals surface area contributed by atoms with Crippen molar-refractivity contribution >= 4 is 19.1 Å². The van der Waals surface area contributed by atoms with Crippen molar-refractivity contribution in [2.75, 3.05) is 0 Å². The fraction of sp³-hybridized carbons (Fsp3) is 0.429. The van der Waals surface area contributed by atoms with Crippen molar-refractivity contribution in [3.8, 4) is 0 Å². The van der Waals surface area contributed by atoms with Gasteiger partial charge >= 0.3 is 0 Å². The summed E-state index contributed by atoms with van der Waals surface area (Å²) < 4.78 is 1.09. The van der Waals surface area contributed by atoms with Gasteiger partial charge < -0.3 is 0 Å². The van der Waals surface area contributed by atoms with Crippen LogP contribution < -0.4 is 0 Å². The molecule has 50 valence electrons. The number of hydrogen-bond acceptors (Lipinski definition) is 0. The van der Waals surface area contributed by atoms with Crippen LogP contribution in [0.2, 0.25) is 4.75 Å². The third kappa shape index (κ3) is 1.31. The molecule has 1 aromatic heterocycles. The number of hydrogen-bond donors (Lipinski definition) is 0. The van der Waals surface area contributed by atoms with Gasteiger partial charge in [0.05, 0.1) is 4.75 Å². The SMILES string of the molecule is CCp1ccc(C)c1Cl. The van der Waals surface area contributed by atoms with Crippen molar-refractivity contribution in [1.82, 2.24) is 0 Å². The van der Waals surface area contributed by atoms with Gasteiger partial charge in [-0.05, 0) is 24.4 Å². The molecule has 0 nitrogen and oxygen atoms in total. The van der Waals surface area contributed by atoms with Crippen LogP contribution in [0.3, 0.4) is 0 Å². The van der Waals surface area contributed by atoms with Gasteiger partial charge in [-0.25, -0.2) is 0 Å². The van der Waals surface area contributed by atoms with Gasteiger partial charge in [0.1, 0.15) is 0 Å². The number of halogens is 1. The molecule has 1 rings (SSSR count). The second kappa shape index (κ2) is 2.77. The largest absolute Gasteiger partial charge is 0.105 e. The Kier molecular flexibility index (Phi) is 2.21. The van der Waals surface area contributed by atoms with E-state index in [0.717, 1.165) is 4.75 Å². The zero-order valence-electron chi connectivity index (χ0n) is 5.69. The molecule has 0 bridgehead atoms. The van der Waals surface area contributed by atoms with E-state index in [1.54, 1.807) is 0 Å². The zero-order valence-corrected chi connectivity index (χ0v) is 7.34. The molecule has 1 atom stereocenters. The lowest BCUT2D eigenvalue weighted by atomic mass is 10.4. The summed E-state index contributed by atoms with van der Waals surface area (Å²) in [6.07, 6.45) is 1.18. The highest BCUT2D eigenvalue weighted by molar-refractivity contribution is 7.51. The maximum absolute atomic E-state index is 5.97. The molecule has 0 fully saturated rings. The topological polar surface area (TPSA) is 0 Å². The molecule has 0 aliphatic rings. The van der Waals surface area contributed by atoms with E-state index in [2.05, 4.69) is 25.7 Å². The molecule has 0 saturated carbocycles. The van der Waals surface area contributed by atoms with Gasteiger partial charge in [-0.3, -0.25) is 0 Å². The molecule has 9 heavy (non-hydrogen) atoms. The molecule has 0 aromatic carbocycles. The van der Waals surface area contributed by atoms with E-state index >= 15 is 0 Å². The summed E-state index contributed by atoms with van der Waals surface area (Å²) in [5.41, 5.74) is 1.25. The molecule has 0 aliphatic carbocycles. The highest BCUT2D eigenvalue weighted by Gasteiger charge is 1.99. The lowest BCUT2D eigenvalue weighted by Gasteiger charge is -1.91. The van der Waals surface area contributed by atoms with Crippen LogP contribution in [0.4, 0.5) is 0 Å². The summed E-state index contributed by atoms with van der Waals surface area (Å²) in [7, 11) is -0.0790. The van der Waals surface area contributed by atoms with Crippen LogP contribution in [-0.2, 0) is 6.16 Å². The Balaban J connectivity index is 3.04. The third-order valence-electron chi connectivity index (χ3n) is 1.42. The van der Waals surface area contributed by atoms with Crippen LogP contribution in [-0.4, -0.2) is 0 Å². The fourth-order valence-electron chi connectivity index (χ4n) is 0.807. The molecule has 0 N–H and O–H groups in total. The quantitative estimate of drug-likeness (QED) is 0.588. The first-order valence-corrected chi connectivity index (χ1v) is 5.04. The molecule has 0 radical (unpaired) electrons. The average molecular weight is 161 g/mol. The Hall–Kier alpha value is 0.0700. The Morgan fingerprint density at radius 3 is 2.56 bits per heavy atom. The van der Waals surface area contributed by atoms with Crippen molar-refractivity contribution in [2.24, 2.45) is 0 Å². The maximum Gasteiger partial charge on any atom is 0.0624 e. The average Bonchev–Trinajstić information content (AvgIpc) is 2.15. The van der Waals surface area contributed by atoms with Crippen LogP contribution in [0.25, 0.3) is 0 Å². The normalized spacial score (nSPS) is 12.1. The van der Waals surface area contributed by atoms with E-state index in [-0.39, 0.29) is 7.53 Å². The first-order valence-electron chi connectivity index (χ1n) is 3.07. The molecule has 1 unspecified atom stereocenters. The molecule has 0 aliphatic heterocycles. The second-order valence-corrected chi connectivity index (χ2v) is 5.03. The predicted molar refractivity (Wildman–Crippen MR) is 44.6 cm³/mol. The molecular weight excluding hydrogens is 151 g/mol. The van der Waals surface area contributed by atoms with Gasteiger partial charge in [-0.15, -0.1) is 7.53 Å². The van der Waals surface area contributed by atoms with Crippen LogP contribution in [0, 0.1) is 6.92 Å². The highest BCUT2D eigenvalue weighted by Crippen LogP contribution is 2.41. The van der Waals surface area contributed by atoms with Gasteiger partial charge in [-0.2, -0.15) is 0 Å². The monoisotopic (exact) mass is 160 g/mol. The van der Waals surface area contributed by atoms with Crippen molar-refractivity contribution in [3.63, 3.8) is 0 Å². The van der Waals surface area contributed by atoms with Crippen molar-refractivity contribution in [3.05, 3.63) is 22.2 Å². The van der Waals surface area contributed by atoms with Crippen molar-refractivity contribution < 1.29 is 0 Å². The highest BCUT2D eigenvalue weighted by atomic mass is 35.5. The molecule has 0 saturated heterocycles. The van der Waals surface area contributed by atoms with Gasteiger partial charge in [-0.1, -0.05) is 24.6 Å². The first-order chi connectivity index (χ1) is 4.25. The molecule has 1 aromatic rings. The first kappa shape index (κ1) is 7.18.